The molecule has 0 aromatic heterocycles. The van der Waals surface area contributed by atoms with Crippen molar-refractivity contribution in [2.45, 2.75) is 38.3 Å². The van der Waals surface area contributed by atoms with E-state index < -0.39 is 18.1 Å². The van der Waals surface area contributed by atoms with Gasteiger partial charge in [-0.1, -0.05) is 5.57 Å². The van der Waals surface area contributed by atoms with Gasteiger partial charge < -0.3 is 14.8 Å². The minimum Gasteiger partial charge on any atom is -0.467 e. The van der Waals surface area contributed by atoms with Crippen LogP contribution in [0.25, 0.3) is 0 Å². The molecule has 0 spiro atoms. The lowest BCUT2D eigenvalue weighted by molar-refractivity contribution is -0.146. The highest BCUT2D eigenvalue weighted by Gasteiger charge is 2.28. The van der Waals surface area contributed by atoms with Crippen LogP contribution in [-0.2, 0) is 19.1 Å². The van der Waals surface area contributed by atoms with E-state index in [2.05, 4.69) is 16.6 Å². The maximum atomic E-state index is 11.8. The van der Waals surface area contributed by atoms with Crippen molar-refractivity contribution in [1.29, 1.82) is 0 Å². The number of ether oxygens (including phenoxy) is 2. The highest BCUT2D eigenvalue weighted by atomic mass is 16.5. The molecule has 5 heteroatoms. The van der Waals surface area contributed by atoms with Gasteiger partial charge in [0.2, 0.25) is 5.91 Å². The standard InChI is InChI=1S/C12H19NO4/c1-8(2)7-9(12(15)16-3)13-11(14)10-5-4-6-17-10/h9-10H,1,4-7H2,2-3H3,(H,13,14)/t9-,10-/m0/s1. The molecular formula is C12H19NO4. The molecule has 1 aliphatic heterocycles. The highest BCUT2D eigenvalue weighted by Crippen LogP contribution is 2.13. The summed E-state index contributed by atoms with van der Waals surface area (Å²) in [5.41, 5.74) is 0.813. The Balaban J connectivity index is 2.55. The molecule has 0 radical (unpaired) electrons. The maximum Gasteiger partial charge on any atom is 0.328 e. The first-order valence-corrected chi connectivity index (χ1v) is 5.68. The van der Waals surface area contributed by atoms with Gasteiger partial charge in [-0.25, -0.2) is 4.79 Å². The minimum atomic E-state index is -0.672. The van der Waals surface area contributed by atoms with E-state index in [9.17, 15) is 9.59 Å². The van der Waals surface area contributed by atoms with Crippen molar-refractivity contribution in [3.63, 3.8) is 0 Å². The lowest BCUT2D eigenvalue weighted by Crippen LogP contribution is -2.45. The van der Waals surface area contributed by atoms with Crippen molar-refractivity contribution >= 4 is 11.9 Å². The zero-order valence-corrected chi connectivity index (χ0v) is 10.3. The van der Waals surface area contributed by atoms with Crippen LogP contribution >= 0.6 is 0 Å². The van der Waals surface area contributed by atoms with Gasteiger partial charge in [-0.15, -0.1) is 6.58 Å². The molecule has 0 unspecified atom stereocenters. The number of hydrogen-bond acceptors (Lipinski definition) is 4. The number of rotatable bonds is 5. The predicted octanol–water partition coefficient (Wildman–Crippen LogP) is 0.789. The molecule has 1 N–H and O–H groups in total. The first-order chi connectivity index (χ1) is 8.04. The molecule has 2 atom stereocenters. The fourth-order valence-corrected chi connectivity index (χ4v) is 1.73. The minimum absolute atomic E-state index is 0.251. The van der Waals surface area contributed by atoms with E-state index in [1.54, 1.807) is 6.92 Å². The zero-order chi connectivity index (χ0) is 12.8. The third-order valence-electron chi connectivity index (χ3n) is 2.58. The number of carbonyl (C=O) groups is 2. The summed E-state index contributed by atoms with van der Waals surface area (Å²) < 4.78 is 9.89. The van der Waals surface area contributed by atoms with Crippen LogP contribution in [0.4, 0.5) is 0 Å². The average molecular weight is 241 g/mol. The van der Waals surface area contributed by atoms with Crippen LogP contribution < -0.4 is 5.32 Å². The smallest absolute Gasteiger partial charge is 0.328 e. The summed E-state index contributed by atoms with van der Waals surface area (Å²) in [7, 11) is 1.30. The van der Waals surface area contributed by atoms with E-state index in [1.165, 1.54) is 7.11 Å². The lowest BCUT2D eigenvalue weighted by Gasteiger charge is -2.18. The fraction of sp³-hybridized carbons (Fsp3) is 0.667. The summed E-state index contributed by atoms with van der Waals surface area (Å²) in [5.74, 6) is -0.710. The summed E-state index contributed by atoms with van der Waals surface area (Å²) in [6, 6.07) is -0.672. The molecule has 17 heavy (non-hydrogen) atoms. The molecule has 1 amide bonds. The second-order valence-corrected chi connectivity index (χ2v) is 4.25. The number of nitrogens with one attached hydrogen (secondary N) is 1. The van der Waals surface area contributed by atoms with E-state index in [0.29, 0.717) is 19.4 Å². The van der Waals surface area contributed by atoms with Gasteiger partial charge in [-0.2, -0.15) is 0 Å². The first kappa shape index (κ1) is 13.7. The number of esters is 1. The lowest BCUT2D eigenvalue weighted by atomic mass is 10.1. The largest absolute Gasteiger partial charge is 0.467 e. The van der Waals surface area contributed by atoms with Gasteiger partial charge in [0.15, 0.2) is 0 Å². The summed E-state index contributed by atoms with van der Waals surface area (Å²) in [6.45, 7) is 6.12. The molecular weight excluding hydrogens is 222 g/mol. The summed E-state index contributed by atoms with van der Waals surface area (Å²) >= 11 is 0. The molecule has 0 aromatic carbocycles. The van der Waals surface area contributed by atoms with Crippen molar-refractivity contribution in [3.8, 4) is 0 Å². The molecule has 1 fully saturated rings. The summed E-state index contributed by atoms with van der Waals surface area (Å²) in [6.07, 6.45) is 1.52. The Morgan fingerprint density at radius 1 is 1.59 bits per heavy atom. The Morgan fingerprint density at radius 3 is 2.76 bits per heavy atom. The van der Waals surface area contributed by atoms with Crippen molar-refractivity contribution < 1.29 is 19.1 Å². The zero-order valence-electron chi connectivity index (χ0n) is 10.3. The van der Waals surface area contributed by atoms with Crippen LogP contribution in [0.5, 0.6) is 0 Å². The van der Waals surface area contributed by atoms with E-state index in [0.717, 1.165) is 12.0 Å². The first-order valence-electron chi connectivity index (χ1n) is 5.68. The van der Waals surface area contributed by atoms with Crippen LogP contribution in [0.2, 0.25) is 0 Å². The fourth-order valence-electron chi connectivity index (χ4n) is 1.73. The van der Waals surface area contributed by atoms with Gasteiger partial charge in [0.05, 0.1) is 7.11 Å². The van der Waals surface area contributed by atoms with Crippen LogP contribution in [0.15, 0.2) is 12.2 Å². The maximum absolute atomic E-state index is 11.8. The second-order valence-electron chi connectivity index (χ2n) is 4.25. The molecule has 0 saturated carbocycles. The van der Waals surface area contributed by atoms with Crippen molar-refractivity contribution in [2.75, 3.05) is 13.7 Å². The van der Waals surface area contributed by atoms with Crippen LogP contribution in [0.3, 0.4) is 0 Å². The Kier molecular flexibility index (Phi) is 5.15. The molecule has 1 saturated heterocycles. The molecule has 1 rings (SSSR count). The van der Waals surface area contributed by atoms with E-state index >= 15 is 0 Å². The summed E-state index contributed by atoms with van der Waals surface area (Å²) in [4.78, 5) is 23.3. The van der Waals surface area contributed by atoms with Crippen molar-refractivity contribution in [1.82, 2.24) is 5.32 Å². The molecule has 1 heterocycles. The molecule has 0 aromatic rings. The Labute approximate surface area is 101 Å². The van der Waals surface area contributed by atoms with E-state index in [1.807, 2.05) is 0 Å². The third-order valence-corrected chi connectivity index (χ3v) is 2.58. The van der Waals surface area contributed by atoms with Crippen molar-refractivity contribution in [3.05, 3.63) is 12.2 Å². The van der Waals surface area contributed by atoms with E-state index in [-0.39, 0.29) is 5.91 Å². The van der Waals surface area contributed by atoms with Crippen LogP contribution in [-0.4, -0.2) is 37.7 Å². The van der Waals surface area contributed by atoms with Crippen molar-refractivity contribution in [2.24, 2.45) is 0 Å². The normalized spacial score (nSPS) is 20.7. The van der Waals surface area contributed by atoms with Gasteiger partial charge in [0, 0.05) is 6.61 Å². The number of amides is 1. The molecule has 1 aliphatic rings. The van der Waals surface area contributed by atoms with Gasteiger partial charge in [0.1, 0.15) is 12.1 Å². The Bertz CT molecular complexity index is 308. The number of hydrogen-bond donors (Lipinski definition) is 1. The number of methoxy groups -OCH3 is 1. The second kappa shape index (κ2) is 6.39. The molecule has 96 valence electrons. The number of carbonyl (C=O) groups excluding carboxylic acids is 2. The SMILES string of the molecule is C=C(C)C[C@H](NC(=O)[C@@H]1CCCO1)C(=O)OC. The summed E-state index contributed by atoms with van der Waals surface area (Å²) in [5, 5.41) is 2.64. The van der Waals surface area contributed by atoms with Gasteiger partial charge >= 0.3 is 5.97 Å². The average Bonchev–Trinajstić information content (AvgIpc) is 2.79. The van der Waals surface area contributed by atoms with Gasteiger partial charge in [-0.05, 0) is 26.2 Å². The molecule has 5 nitrogen and oxygen atoms in total. The Hall–Kier alpha value is -1.36. The highest BCUT2D eigenvalue weighted by molar-refractivity contribution is 5.87. The van der Waals surface area contributed by atoms with Gasteiger partial charge in [-0.3, -0.25) is 4.79 Å². The molecule has 0 aliphatic carbocycles. The third kappa shape index (κ3) is 4.19. The monoisotopic (exact) mass is 241 g/mol. The quantitative estimate of drug-likeness (QED) is 0.571. The van der Waals surface area contributed by atoms with E-state index in [4.69, 9.17) is 4.74 Å². The Morgan fingerprint density at radius 2 is 2.29 bits per heavy atom. The topological polar surface area (TPSA) is 64.6 Å². The van der Waals surface area contributed by atoms with Crippen LogP contribution in [0.1, 0.15) is 26.2 Å². The van der Waals surface area contributed by atoms with Gasteiger partial charge in [0.25, 0.3) is 0 Å². The van der Waals surface area contributed by atoms with Crippen LogP contribution in [0, 0.1) is 0 Å². The molecule has 0 bridgehead atoms. The predicted molar refractivity (Wildman–Crippen MR) is 62.4 cm³/mol.